The van der Waals surface area contributed by atoms with Crippen molar-refractivity contribution in [2.75, 3.05) is 5.75 Å². The summed E-state index contributed by atoms with van der Waals surface area (Å²) in [6.07, 6.45) is -1.29. The molecule has 0 spiro atoms. The molecule has 0 aliphatic heterocycles. The summed E-state index contributed by atoms with van der Waals surface area (Å²) in [7, 11) is 0. The number of carboxylic acid groups (broad SMARTS) is 2. The smallest absolute Gasteiger partial charge is 0.327 e. The lowest BCUT2D eigenvalue weighted by molar-refractivity contribution is -0.141. The Bertz CT molecular complexity index is 659. The molecule has 14 heteroatoms. The van der Waals surface area contributed by atoms with Crippen molar-refractivity contribution in [1.82, 2.24) is 16.0 Å². The first-order chi connectivity index (χ1) is 13.4. The topological polar surface area (TPSA) is 231 Å². The molecule has 0 saturated carbocycles. The molecule has 4 atom stereocenters. The van der Waals surface area contributed by atoms with Gasteiger partial charge in [-0.15, -0.1) is 0 Å². The normalized spacial score (nSPS) is 14.6. The zero-order valence-electron chi connectivity index (χ0n) is 15.6. The van der Waals surface area contributed by atoms with Gasteiger partial charge in [0.2, 0.25) is 23.6 Å². The molecule has 0 fully saturated rings. The molecule has 0 aliphatic carbocycles. The Balaban J connectivity index is 5.08. The molecule has 4 unspecified atom stereocenters. The quantitative estimate of drug-likeness (QED) is 0.134. The van der Waals surface area contributed by atoms with Crippen LogP contribution < -0.4 is 27.4 Å². The number of carbonyl (C=O) groups excluding carboxylic acids is 4. The van der Waals surface area contributed by atoms with Gasteiger partial charge in [0.05, 0.1) is 12.5 Å². The number of aliphatic carboxylic acids is 2. The van der Waals surface area contributed by atoms with E-state index in [9.17, 15) is 28.8 Å². The summed E-state index contributed by atoms with van der Waals surface area (Å²) in [4.78, 5) is 68.9. The van der Waals surface area contributed by atoms with Crippen LogP contribution >= 0.6 is 12.6 Å². The number of carboxylic acids is 2. The molecule has 9 N–H and O–H groups in total. The number of amides is 4. The molecule has 0 radical (unpaired) electrons. The van der Waals surface area contributed by atoms with Crippen molar-refractivity contribution in [2.24, 2.45) is 11.5 Å². The summed E-state index contributed by atoms with van der Waals surface area (Å²) in [6.45, 7) is 1.26. The first kappa shape index (κ1) is 26.1. The molecule has 13 nitrogen and oxygen atoms in total. The van der Waals surface area contributed by atoms with Gasteiger partial charge in [-0.3, -0.25) is 24.0 Å². The third-order valence-electron chi connectivity index (χ3n) is 3.59. The van der Waals surface area contributed by atoms with Crippen molar-refractivity contribution in [3.05, 3.63) is 0 Å². The van der Waals surface area contributed by atoms with Gasteiger partial charge in [0.1, 0.15) is 18.1 Å². The molecule has 0 rings (SSSR count). The highest BCUT2D eigenvalue weighted by molar-refractivity contribution is 7.80. The van der Waals surface area contributed by atoms with Crippen LogP contribution in [0.3, 0.4) is 0 Å². The zero-order valence-corrected chi connectivity index (χ0v) is 16.5. The fourth-order valence-corrected chi connectivity index (χ4v) is 2.23. The largest absolute Gasteiger partial charge is 0.481 e. The van der Waals surface area contributed by atoms with E-state index in [-0.39, 0.29) is 12.2 Å². The lowest BCUT2D eigenvalue weighted by Crippen LogP contribution is -2.56. The van der Waals surface area contributed by atoms with Crippen molar-refractivity contribution >= 4 is 48.2 Å². The second kappa shape index (κ2) is 12.6. The number of hydrogen-bond acceptors (Lipinski definition) is 8. The van der Waals surface area contributed by atoms with Gasteiger partial charge < -0.3 is 37.6 Å². The molecule has 29 heavy (non-hydrogen) atoms. The Morgan fingerprint density at radius 2 is 1.48 bits per heavy atom. The number of thiol groups is 1. The Morgan fingerprint density at radius 1 is 0.931 bits per heavy atom. The average molecular weight is 435 g/mol. The predicted octanol–water partition coefficient (Wildman–Crippen LogP) is -3.46. The first-order valence-corrected chi connectivity index (χ1v) is 9.02. The van der Waals surface area contributed by atoms with Gasteiger partial charge in [0.15, 0.2) is 0 Å². The van der Waals surface area contributed by atoms with Gasteiger partial charge in [0, 0.05) is 12.2 Å². The number of rotatable bonds is 13. The lowest BCUT2D eigenvalue weighted by Gasteiger charge is -2.22. The highest BCUT2D eigenvalue weighted by Crippen LogP contribution is 2.01. The molecule has 164 valence electrons. The summed E-state index contributed by atoms with van der Waals surface area (Å²) in [6, 6.07) is -5.19. The zero-order chi connectivity index (χ0) is 22.7. The maximum Gasteiger partial charge on any atom is 0.327 e. The lowest BCUT2D eigenvalue weighted by atomic mass is 10.1. The van der Waals surface area contributed by atoms with Crippen LogP contribution in [0.4, 0.5) is 0 Å². The minimum atomic E-state index is -1.37. The van der Waals surface area contributed by atoms with Crippen molar-refractivity contribution in [1.29, 1.82) is 0 Å². The molecular formula is C15H25N5O8S. The molecule has 0 heterocycles. The van der Waals surface area contributed by atoms with Crippen molar-refractivity contribution in [3.8, 4) is 0 Å². The average Bonchev–Trinajstić information content (AvgIpc) is 2.61. The predicted molar refractivity (Wildman–Crippen MR) is 102 cm³/mol. The fraction of sp³-hybridized carbons (Fsp3) is 0.600. The van der Waals surface area contributed by atoms with Crippen molar-refractivity contribution in [2.45, 2.75) is 50.4 Å². The Kier molecular flexibility index (Phi) is 11.3. The highest BCUT2D eigenvalue weighted by atomic mass is 32.1. The Hall–Kier alpha value is -2.87. The number of carbonyl (C=O) groups is 6. The van der Waals surface area contributed by atoms with Gasteiger partial charge in [-0.05, 0) is 13.3 Å². The second-order valence-corrected chi connectivity index (χ2v) is 6.45. The van der Waals surface area contributed by atoms with Gasteiger partial charge in [-0.25, -0.2) is 4.79 Å². The van der Waals surface area contributed by atoms with E-state index in [4.69, 9.17) is 21.7 Å². The van der Waals surface area contributed by atoms with Gasteiger partial charge in [-0.1, -0.05) is 0 Å². The van der Waals surface area contributed by atoms with E-state index in [1.165, 1.54) is 6.92 Å². The van der Waals surface area contributed by atoms with Crippen LogP contribution in [-0.4, -0.2) is 75.7 Å². The van der Waals surface area contributed by atoms with E-state index >= 15 is 0 Å². The number of nitrogens with two attached hydrogens (primary N) is 2. The highest BCUT2D eigenvalue weighted by Gasteiger charge is 2.28. The van der Waals surface area contributed by atoms with Gasteiger partial charge >= 0.3 is 11.9 Å². The standard InChI is InChI=1S/C15H25N5O8S/c1-6(12(24)20-9(5-29)15(27)28)18-14(26)8(2-3-11(22)23)19-13(25)7(16)4-10(17)21/h6-9,29H,2-5,16H2,1H3,(H2,17,21)(H,18,26)(H,19,25)(H,20,24)(H,22,23)(H,27,28). The van der Waals surface area contributed by atoms with Crippen LogP contribution in [0.5, 0.6) is 0 Å². The van der Waals surface area contributed by atoms with E-state index in [1.807, 2.05) is 0 Å². The van der Waals surface area contributed by atoms with Gasteiger partial charge in [0.25, 0.3) is 0 Å². The summed E-state index contributed by atoms with van der Waals surface area (Å²) in [5, 5.41) is 24.3. The van der Waals surface area contributed by atoms with Crippen LogP contribution in [-0.2, 0) is 28.8 Å². The summed E-state index contributed by atoms with van der Waals surface area (Å²) in [5.74, 6) is -6.21. The van der Waals surface area contributed by atoms with Crippen molar-refractivity contribution in [3.63, 3.8) is 0 Å². The maximum atomic E-state index is 12.4. The number of hydrogen-bond donors (Lipinski definition) is 8. The van der Waals surface area contributed by atoms with E-state index in [1.54, 1.807) is 0 Å². The monoisotopic (exact) mass is 435 g/mol. The van der Waals surface area contributed by atoms with E-state index < -0.39 is 72.6 Å². The molecule has 0 saturated heterocycles. The number of nitrogens with one attached hydrogen (secondary N) is 3. The van der Waals surface area contributed by atoms with Gasteiger partial charge in [-0.2, -0.15) is 12.6 Å². The summed E-state index contributed by atoms with van der Waals surface area (Å²) < 4.78 is 0. The van der Waals surface area contributed by atoms with E-state index in [2.05, 4.69) is 28.6 Å². The van der Waals surface area contributed by atoms with Crippen LogP contribution in [0.25, 0.3) is 0 Å². The summed E-state index contributed by atoms with van der Waals surface area (Å²) >= 11 is 3.80. The van der Waals surface area contributed by atoms with E-state index in [0.717, 1.165) is 0 Å². The summed E-state index contributed by atoms with van der Waals surface area (Å²) in [5.41, 5.74) is 10.4. The Morgan fingerprint density at radius 3 is 1.93 bits per heavy atom. The molecule has 0 aliphatic rings. The molecule has 0 bridgehead atoms. The molecule has 4 amide bonds. The Labute approximate surface area is 171 Å². The second-order valence-electron chi connectivity index (χ2n) is 6.08. The third-order valence-corrected chi connectivity index (χ3v) is 3.95. The van der Waals surface area contributed by atoms with Crippen molar-refractivity contribution < 1.29 is 39.0 Å². The van der Waals surface area contributed by atoms with Crippen LogP contribution in [0, 0.1) is 0 Å². The molecule has 0 aromatic heterocycles. The molecule has 0 aromatic carbocycles. The SMILES string of the molecule is CC(NC(=O)C(CCC(=O)O)NC(=O)C(N)CC(N)=O)C(=O)NC(CS)C(=O)O. The minimum absolute atomic E-state index is 0.184. The van der Waals surface area contributed by atoms with Crippen LogP contribution in [0.15, 0.2) is 0 Å². The third kappa shape index (κ3) is 10.3. The van der Waals surface area contributed by atoms with Crippen LogP contribution in [0.1, 0.15) is 26.2 Å². The molecule has 0 aromatic rings. The first-order valence-electron chi connectivity index (χ1n) is 8.39. The van der Waals surface area contributed by atoms with Crippen LogP contribution in [0.2, 0.25) is 0 Å². The fourth-order valence-electron chi connectivity index (χ4n) is 1.99. The van der Waals surface area contributed by atoms with E-state index in [0.29, 0.717) is 0 Å². The number of primary amides is 1. The molecular weight excluding hydrogens is 410 g/mol. The minimum Gasteiger partial charge on any atom is -0.481 e. The maximum absolute atomic E-state index is 12.4.